The minimum absolute atomic E-state index is 0.392. The SMILES string of the molecule is CCOc1ccc(C(=O)NNC(=O)C(C)Oc2ccccc2Cl)cc1. The molecule has 7 heteroatoms. The monoisotopic (exact) mass is 362 g/mol. The third kappa shape index (κ3) is 5.39. The second-order valence-electron chi connectivity index (χ2n) is 5.09. The van der Waals surface area contributed by atoms with Crippen LogP contribution in [-0.4, -0.2) is 24.5 Å². The topological polar surface area (TPSA) is 76.7 Å². The number of nitrogens with one attached hydrogen (secondary N) is 2. The normalized spacial score (nSPS) is 11.3. The molecule has 0 saturated carbocycles. The van der Waals surface area contributed by atoms with Gasteiger partial charge in [-0.3, -0.25) is 20.4 Å². The molecule has 0 aliphatic rings. The van der Waals surface area contributed by atoms with Gasteiger partial charge in [0, 0.05) is 5.56 Å². The van der Waals surface area contributed by atoms with Crippen molar-refractivity contribution in [2.45, 2.75) is 20.0 Å². The predicted molar refractivity (Wildman–Crippen MR) is 94.8 cm³/mol. The Morgan fingerprint density at radius 3 is 2.40 bits per heavy atom. The summed E-state index contributed by atoms with van der Waals surface area (Å²) < 4.78 is 10.8. The van der Waals surface area contributed by atoms with Gasteiger partial charge in [0.2, 0.25) is 0 Å². The molecule has 6 nitrogen and oxygen atoms in total. The van der Waals surface area contributed by atoms with Gasteiger partial charge in [0.05, 0.1) is 11.6 Å². The Morgan fingerprint density at radius 1 is 1.08 bits per heavy atom. The quantitative estimate of drug-likeness (QED) is 0.774. The Bertz CT molecular complexity index is 734. The van der Waals surface area contributed by atoms with Gasteiger partial charge in [0.1, 0.15) is 11.5 Å². The lowest BCUT2D eigenvalue weighted by Crippen LogP contribution is -2.47. The summed E-state index contributed by atoms with van der Waals surface area (Å²) in [6.07, 6.45) is -0.833. The number of halogens is 1. The molecule has 1 atom stereocenters. The standard InChI is InChI=1S/C18H19ClN2O4/c1-3-24-14-10-8-13(9-11-14)18(23)21-20-17(22)12(2)25-16-7-5-4-6-15(16)19/h4-12H,3H2,1-2H3,(H,20,22)(H,21,23). The van der Waals surface area contributed by atoms with Crippen LogP contribution in [0.25, 0.3) is 0 Å². The summed E-state index contributed by atoms with van der Waals surface area (Å²) in [4.78, 5) is 24.0. The summed E-state index contributed by atoms with van der Waals surface area (Å²) in [7, 11) is 0. The molecule has 2 aromatic rings. The summed E-state index contributed by atoms with van der Waals surface area (Å²) in [6, 6.07) is 13.4. The first-order valence-corrected chi connectivity index (χ1v) is 8.13. The van der Waals surface area contributed by atoms with E-state index < -0.39 is 17.9 Å². The van der Waals surface area contributed by atoms with Gasteiger partial charge >= 0.3 is 0 Å². The molecule has 2 amide bonds. The molecule has 0 saturated heterocycles. The van der Waals surface area contributed by atoms with Crippen LogP contribution in [0.2, 0.25) is 5.02 Å². The van der Waals surface area contributed by atoms with Gasteiger partial charge in [0.25, 0.3) is 11.8 Å². The first-order valence-electron chi connectivity index (χ1n) is 7.75. The van der Waals surface area contributed by atoms with Crippen LogP contribution in [0.1, 0.15) is 24.2 Å². The van der Waals surface area contributed by atoms with Gasteiger partial charge in [-0.1, -0.05) is 23.7 Å². The highest BCUT2D eigenvalue weighted by Crippen LogP contribution is 2.24. The molecule has 2 rings (SSSR count). The van der Waals surface area contributed by atoms with Crippen molar-refractivity contribution in [2.75, 3.05) is 6.61 Å². The molecule has 0 aromatic heterocycles. The van der Waals surface area contributed by atoms with Crippen LogP contribution >= 0.6 is 11.6 Å². The number of hydrazine groups is 1. The first-order chi connectivity index (χ1) is 12.0. The van der Waals surface area contributed by atoms with Crippen LogP contribution in [0.3, 0.4) is 0 Å². The largest absolute Gasteiger partial charge is 0.494 e. The average molecular weight is 363 g/mol. The summed E-state index contributed by atoms with van der Waals surface area (Å²) in [5.74, 6) is 0.120. The van der Waals surface area contributed by atoms with Gasteiger partial charge < -0.3 is 9.47 Å². The maximum absolute atomic E-state index is 12.0. The number of rotatable bonds is 6. The molecule has 0 fully saturated rings. The number of hydrogen-bond acceptors (Lipinski definition) is 4. The van der Waals surface area contributed by atoms with Gasteiger partial charge in [-0.15, -0.1) is 0 Å². The van der Waals surface area contributed by atoms with E-state index in [2.05, 4.69) is 10.9 Å². The minimum Gasteiger partial charge on any atom is -0.494 e. The van der Waals surface area contributed by atoms with E-state index in [4.69, 9.17) is 21.1 Å². The van der Waals surface area contributed by atoms with E-state index in [1.807, 2.05) is 6.92 Å². The van der Waals surface area contributed by atoms with Crippen molar-refractivity contribution in [3.05, 3.63) is 59.1 Å². The Hall–Kier alpha value is -2.73. The molecular weight excluding hydrogens is 344 g/mol. The number of hydrogen-bond donors (Lipinski definition) is 2. The fraction of sp³-hybridized carbons (Fsp3) is 0.222. The maximum Gasteiger partial charge on any atom is 0.279 e. The lowest BCUT2D eigenvalue weighted by Gasteiger charge is -2.16. The molecule has 1 unspecified atom stereocenters. The Labute approximate surface area is 151 Å². The van der Waals surface area contributed by atoms with Gasteiger partial charge in [0.15, 0.2) is 6.10 Å². The van der Waals surface area contributed by atoms with Crippen molar-refractivity contribution in [3.8, 4) is 11.5 Å². The molecule has 2 N–H and O–H groups in total. The molecule has 0 heterocycles. The van der Waals surface area contributed by atoms with Crippen LogP contribution in [-0.2, 0) is 4.79 Å². The number of para-hydroxylation sites is 1. The van der Waals surface area contributed by atoms with E-state index >= 15 is 0 Å². The van der Waals surface area contributed by atoms with Crippen molar-refractivity contribution in [1.82, 2.24) is 10.9 Å². The Balaban J connectivity index is 1.86. The van der Waals surface area contributed by atoms with Gasteiger partial charge in [-0.05, 0) is 50.2 Å². The van der Waals surface area contributed by atoms with Crippen LogP contribution in [0.4, 0.5) is 0 Å². The number of carbonyl (C=O) groups excluding carboxylic acids is 2. The molecular formula is C18H19ClN2O4. The number of benzene rings is 2. The smallest absolute Gasteiger partial charge is 0.279 e. The summed E-state index contributed by atoms with van der Waals surface area (Å²) in [6.45, 7) is 3.98. The number of amides is 2. The zero-order valence-corrected chi connectivity index (χ0v) is 14.7. The van der Waals surface area contributed by atoms with Crippen LogP contribution in [0.15, 0.2) is 48.5 Å². The van der Waals surface area contributed by atoms with E-state index in [1.165, 1.54) is 0 Å². The highest BCUT2D eigenvalue weighted by molar-refractivity contribution is 6.32. The number of ether oxygens (including phenoxy) is 2. The van der Waals surface area contributed by atoms with Crippen molar-refractivity contribution < 1.29 is 19.1 Å². The first kappa shape index (κ1) is 18.6. The Kier molecular flexibility index (Phi) is 6.65. The molecule has 0 bridgehead atoms. The molecule has 25 heavy (non-hydrogen) atoms. The van der Waals surface area contributed by atoms with Gasteiger partial charge in [-0.25, -0.2) is 0 Å². The second kappa shape index (κ2) is 8.94. The summed E-state index contributed by atoms with van der Waals surface area (Å²) in [5, 5.41) is 0.403. The summed E-state index contributed by atoms with van der Waals surface area (Å²) >= 11 is 5.98. The van der Waals surface area contributed by atoms with E-state index in [-0.39, 0.29) is 0 Å². The average Bonchev–Trinajstić information content (AvgIpc) is 2.62. The molecule has 2 aromatic carbocycles. The summed E-state index contributed by atoms with van der Waals surface area (Å²) in [5.41, 5.74) is 5.05. The third-order valence-electron chi connectivity index (χ3n) is 3.24. The van der Waals surface area contributed by atoms with E-state index in [9.17, 15) is 9.59 Å². The Morgan fingerprint density at radius 2 is 1.76 bits per heavy atom. The lowest BCUT2D eigenvalue weighted by molar-refractivity contribution is -0.128. The van der Waals surface area contributed by atoms with E-state index in [0.29, 0.717) is 28.7 Å². The highest BCUT2D eigenvalue weighted by atomic mass is 35.5. The van der Waals surface area contributed by atoms with Crippen LogP contribution < -0.4 is 20.3 Å². The second-order valence-corrected chi connectivity index (χ2v) is 5.50. The zero-order valence-electron chi connectivity index (χ0n) is 13.9. The van der Waals surface area contributed by atoms with Crippen molar-refractivity contribution >= 4 is 23.4 Å². The molecule has 132 valence electrons. The molecule has 0 spiro atoms. The maximum atomic E-state index is 12.0. The van der Waals surface area contributed by atoms with Crippen molar-refractivity contribution in [3.63, 3.8) is 0 Å². The van der Waals surface area contributed by atoms with E-state index in [1.54, 1.807) is 55.5 Å². The van der Waals surface area contributed by atoms with Crippen LogP contribution in [0, 0.1) is 0 Å². The molecule has 0 radical (unpaired) electrons. The third-order valence-corrected chi connectivity index (χ3v) is 3.55. The fourth-order valence-corrected chi connectivity index (χ4v) is 2.13. The van der Waals surface area contributed by atoms with Crippen molar-refractivity contribution in [2.24, 2.45) is 0 Å². The highest BCUT2D eigenvalue weighted by Gasteiger charge is 2.17. The minimum atomic E-state index is -0.833. The molecule has 0 aliphatic carbocycles. The number of carbonyl (C=O) groups is 2. The fourth-order valence-electron chi connectivity index (χ4n) is 1.95. The lowest BCUT2D eigenvalue weighted by atomic mass is 10.2. The molecule has 0 aliphatic heterocycles. The van der Waals surface area contributed by atoms with Crippen molar-refractivity contribution in [1.29, 1.82) is 0 Å². The van der Waals surface area contributed by atoms with Crippen LogP contribution in [0.5, 0.6) is 11.5 Å². The van der Waals surface area contributed by atoms with E-state index in [0.717, 1.165) is 0 Å². The predicted octanol–water partition coefficient (Wildman–Crippen LogP) is 2.97. The van der Waals surface area contributed by atoms with Gasteiger partial charge in [-0.2, -0.15) is 0 Å². The zero-order chi connectivity index (χ0) is 18.2.